The molecule has 3 aromatic rings. The highest BCUT2D eigenvalue weighted by molar-refractivity contribution is 6.06. The number of anilines is 1. The van der Waals surface area contributed by atoms with Gasteiger partial charge in [0.05, 0.1) is 6.61 Å². The molecule has 24 heavy (non-hydrogen) atoms. The highest BCUT2D eigenvalue weighted by Crippen LogP contribution is 2.15. The van der Waals surface area contributed by atoms with E-state index in [1.807, 2.05) is 0 Å². The highest BCUT2D eigenvalue weighted by atomic mass is 16.5. The number of nitrogens with one attached hydrogen (secondary N) is 2. The van der Waals surface area contributed by atoms with E-state index in [1.54, 1.807) is 36.3 Å². The normalized spacial score (nSPS) is 10.4. The van der Waals surface area contributed by atoms with Gasteiger partial charge < -0.3 is 15.0 Å². The van der Waals surface area contributed by atoms with Crippen molar-refractivity contribution in [3.8, 4) is 5.82 Å². The molecule has 0 unspecified atom stereocenters. The third-order valence-corrected chi connectivity index (χ3v) is 3.13. The van der Waals surface area contributed by atoms with Crippen LogP contribution in [-0.2, 0) is 4.74 Å². The quantitative estimate of drug-likeness (QED) is 0.685. The molecule has 3 heterocycles. The third-order valence-electron chi connectivity index (χ3n) is 3.13. The van der Waals surface area contributed by atoms with E-state index in [2.05, 4.69) is 25.5 Å². The second-order valence-electron chi connectivity index (χ2n) is 4.69. The molecule has 2 N–H and O–H groups in total. The number of H-pyrrole nitrogens is 1. The fourth-order valence-corrected chi connectivity index (χ4v) is 2.01. The number of aromatic nitrogens is 5. The van der Waals surface area contributed by atoms with Gasteiger partial charge in [-0.3, -0.25) is 9.36 Å². The summed E-state index contributed by atoms with van der Waals surface area (Å²) in [4.78, 5) is 30.7. The van der Waals surface area contributed by atoms with Crippen LogP contribution in [0.15, 0.2) is 43.1 Å². The summed E-state index contributed by atoms with van der Waals surface area (Å²) >= 11 is 0. The van der Waals surface area contributed by atoms with E-state index in [9.17, 15) is 9.59 Å². The van der Waals surface area contributed by atoms with Crippen molar-refractivity contribution in [2.75, 3.05) is 11.9 Å². The summed E-state index contributed by atoms with van der Waals surface area (Å²) in [5.74, 6) is -0.224. The van der Waals surface area contributed by atoms with Crippen LogP contribution in [0.3, 0.4) is 0 Å². The summed E-state index contributed by atoms with van der Waals surface area (Å²) in [6, 6.07) is 4.70. The first-order valence-electron chi connectivity index (χ1n) is 7.17. The van der Waals surface area contributed by atoms with Gasteiger partial charge in [-0.2, -0.15) is 0 Å². The molecule has 9 heteroatoms. The molecule has 0 spiro atoms. The van der Waals surface area contributed by atoms with E-state index in [-0.39, 0.29) is 23.7 Å². The molecular formula is C15H14N6O3. The maximum Gasteiger partial charge on any atom is 0.341 e. The maximum atomic E-state index is 12.2. The Balaban J connectivity index is 1.74. The Morgan fingerprint density at radius 3 is 2.83 bits per heavy atom. The average molecular weight is 326 g/mol. The number of imidazole rings is 1. The lowest BCUT2D eigenvalue weighted by Crippen LogP contribution is -2.17. The van der Waals surface area contributed by atoms with Gasteiger partial charge in [-0.1, -0.05) is 0 Å². The van der Waals surface area contributed by atoms with Crippen molar-refractivity contribution in [3.05, 3.63) is 54.4 Å². The smallest absolute Gasteiger partial charge is 0.341 e. The summed E-state index contributed by atoms with van der Waals surface area (Å²) in [5.41, 5.74) is 0.358. The number of hydrogen-bond acceptors (Lipinski definition) is 6. The number of amides is 1. The summed E-state index contributed by atoms with van der Waals surface area (Å²) in [7, 11) is 0. The fraction of sp³-hybridized carbons (Fsp3) is 0.133. The Hall–Kier alpha value is -3.49. The average Bonchev–Trinajstić information content (AvgIpc) is 3.27. The summed E-state index contributed by atoms with van der Waals surface area (Å²) in [6.45, 7) is 1.96. The Morgan fingerprint density at radius 2 is 2.17 bits per heavy atom. The van der Waals surface area contributed by atoms with Crippen LogP contribution in [0.4, 0.5) is 5.82 Å². The van der Waals surface area contributed by atoms with Crippen LogP contribution < -0.4 is 5.32 Å². The molecule has 1 amide bonds. The van der Waals surface area contributed by atoms with Crippen LogP contribution in [0.2, 0.25) is 0 Å². The number of carbonyl (C=O) groups is 2. The van der Waals surface area contributed by atoms with E-state index in [1.165, 1.54) is 18.3 Å². The number of nitrogens with zero attached hydrogens (tertiary/aromatic N) is 4. The molecule has 0 atom stereocenters. The minimum atomic E-state index is -0.518. The van der Waals surface area contributed by atoms with Gasteiger partial charge in [-0.25, -0.2) is 9.78 Å². The van der Waals surface area contributed by atoms with Crippen LogP contribution in [0.1, 0.15) is 27.8 Å². The lowest BCUT2D eigenvalue weighted by Gasteiger charge is -2.06. The predicted octanol–water partition coefficient (Wildman–Crippen LogP) is 1.42. The Kier molecular flexibility index (Phi) is 4.32. The number of carbonyl (C=O) groups excluding carboxylic acids is 2. The van der Waals surface area contributed by atoms with Crippen LogP contribution in [0.25, 0.3) is 5.82 Å². The van der Waals surface area contributed by atoms with Gasteiger partial charge in [0.1, 0.15) is 17.7 Å². The summed E-state index contributed by atoms with van der Waals surface area (Å²) < 4.78 is 6.59. The molecule has 0 bridgehead atoms. The van der Waals surface area contributed by atoms with Gasteiger partial charge in [-0.05, 0) is 25.1 Å². The monoisotopic (exact) mass is 326 g/mol. The first-order valence-corrected chi connectivity index (χ1v) is 7.17. The second-order valence-corrected chi connectivity index (χ2v) is 4.69. The van der Waals surface area contributed by atoms with Crippen LogP contribution in [0.5, 0.6) is 0 Å². The third kappa shape index (κ3) is 3.14. The van der Waals surface area contributed by atoms with Gasteiger partial charge in [0, 0.05) is 18.6 Å². The zero-order valence-corrected chi connectivity index (χ0v) is 12.8. The fourth-order valence-electron chi connectivity index (χ4n) is 2.01. The van der Waals surface area contributed by atoms with Gasteiger partial charge >= 0.3 is 5.97 Å². The second kappa shape index (κ2) is 6.73. The molecule has 0 radical (unpaired) electrons. The zero-order valence-electron chi connectivity index (χ0n) is 12.8. The van der Waals surface area contributed by atoms with Gasteiger partial charge in [0.15, 0.2) is 11.5 Å². The standard InChI is InChI=1S/C15H14N6O3/c1-2-24-15(23)10-5-6-17-13(10)18-14(22)11-3-4-12(20-19-11)21-8-7-16-9-21/h3-9,17H,2H2,1H3,(H,18,22). The molecule has 3 rings (SSSR count). The van der Waals surface area contributed by atoms with Crippen molar-refractivity contribution in [2.24, 2.45) is 0 Å². The van der Waals surface area contributed by atoms with E-state index in [4.69, 9.17) is 4.74 Å². The number of ether oxygens (including phenoxy) is 1. The molecule has 0 aromatic carbocycles. The molecule has 122 valence electrons. The topological polar surface area (TPSA) is 115 Å². The molecule has 9 nitrogen and oxygen atoms in total. The SMILES string of the molecule is CCOC(=O)c1cc[nH]c1NC(=O)c1ccc(-n2ccnc2)nn1. The highest BCUT2D eigenvalue weighted by Gasteiger charge is 2.17. The molecule has 0 aliphatic rings. The van der Waals surface area contributed by atoms with E-state index < -0.39 is 11.9 Å². The van der Waals surface area contributed by atoms with E-state index in [0.717, 1.165) is 0 Å². The first-order chi connectivity index (χ1) is 11.7. The van der Waals surface area contributed by atoms with Crippen LogP contribution in [0, 0.1) is 0 Å². The zero-order chi connectivity index (χ0) is 16.9. The van der Waals surface area contributed by atoms with Crippen molar-refractivity contribution in [1.82, 2.24) is 24.7 Å². The van der Waals surface area contributed by atoms with Crippen molar-refractivity contribution >= 4 is 17.7 Å². The minimum absolute atomic E-state index is 0.114. The molecule has 0 aliphatic carbocycles. The van der Waals surface area contributed by atoms with Crippen molar-refractivity contribution < 1.29 is 14.3 Å². The van der Waals surface area contributed by atoms with E-state index >= 15 is 0 Å². The number of rotatable bonds is 5. The largest absolute Gasteiger partial charge is 0.462 e. The van der Waals surface area contributed by atoms with Crippen molar-refractivity contribution in [2.45, 2.75) is 6.92 Å². The predicted molar refractivity (Wildman–Crippen MR) is 83.9 cm³/mol. The number of hydrogen-bond donors (Lipinski definition) is 2. The van der Waals surface area contributed by atoms with Gasteiger partial charge in [0.25, 0.3) is 5.91 Å². The summed E-state index contributed by atoms with van der Waals surface area (Å²) in [6.07, 6.45) is 6.45. The molecule has 0 saturated carbocycles. The summed E-state index contributed by atoms with van der Waals surface area (Å²) in [5, 5.41) is 10.4. The number of esters is 1. The Bertz CT molecular complexity index is 838. The molecular weight excluding hydrogens is 312 g/mol. The van der Waals surface area contributed by atoms with Gasteiger partial charge in [-0.15, -0.1) is 10.2 Å². The molecule has 0 fully saturated rings. The van der Waals surface area contributed by atoms with E-state index in [0.29, 0.717) is 5.82 Å². The Morgan fingerprint density at radius 1 is 1.29 bits per heavy atom. The van der Waals surface area contributed by atoms with Crippen molar-refractivity contribution in [1.29, 1.82) is 0 Å². The van der Waals surface area contributed by atoms with Gasteiger partial charge in [0.2, 0.25) is 0 Å². The lowest BCUT2D eigenvalue weighted by molar-refractivity contribution is 0.0528. The first kappa shape index (κ1) is 15.4. The van der Waals surface area contributed by atoms with Crippen molar-refractivity contribution in [3.63, 3.8) is 0 Å². The Labute approximate surface area is 136 Å². The van der Waals surface area contributed by atoms with Crippen LogP contribution >= 0.6 is 0 Å². The minimum Gasteiger partial charge on any atom is -0.462 e. The molecule has 0 saturated heterocycles. The lowest BCUT2D eigenvalue weighted by atomic mass is 10.3. The molecule has 0 aliphatic heterocycles. The number of aromatic amines is 1. The van der Waals surface area contributed by atoms with Crippen LogP contribution in [-0.4, -0.2) is 43.2 Å². The molecule has 3 aromatic heterocycles. The maximum absolute atomic E-state index is 12.2.